The number of aromatic nitrogens is 2. The van der Waals surface area contributed by atoms with Crippen LogP contribution in [-0.2, 0) is 11.3 Å². The van der Waals surface area contributed by atoms with Crippen molar-refractivity contribution in [2.75, 3.05) is 19.0 Å². The Balaban J connectivity index is 1.49. The van der Waals surface area contributed by atoms with Crippen LogP contribution in [0.25, 0.3) is 10.9 Å². The van der Waals surface area contributed by atoms with E-state index in [9.17, 15) is 9.59 Å². The van der Waals surface area contributed by atoms with E-state index in [4.69, 9.17) is 21.1 Å². The van der Waals surface area contributed by atoms with Crippen molar-refractivity contribution in [2.45, 2.75) is 38.5 Å². The molecule has 9 heteroatoms. The maximum absolute atomic E-state index is 13.1. The lowest BCUT2D eigenvalue weighted by molar-refractivity contribution is -0.119. The number of hydrogen-bond donors (Lipinski definition) is 1. The third kappa shape index (κ3) is 5.45. The first kappa shape index (κ1) is 23.4. The topological polar surface area (TPSA) is 82.5 Å². The molecule has 7 nitrogen and oxygen atoms in total. The molecule has 0 radical (unpaired) electrons. The zero-order valence-electron chi connectivity index (χ0n) is 18.8. The second-order valence-electron chi connectivity index (χ2n) is 8.35. The van der Waals surface area contributed by atoms with Crippen LogP contribution in [0.3, 0.4) is 0 Å². The highest BCUT2D eigenvalue weighted by molar-refractivity contribution is 7.99. The summed E-state index contributed by atoms with van der Waals surface area (Å²) in [5.74, 6) is 1.63. The number of benzene rings is 2. The zero-order valence-corrected chi connectivity index (χ0v) is 20.3. The number of halogens is 1. The smallest absolute Gasteiger partial charge is 0.262 e. The van der Waals surface area contributed by atoms with E-state index in [1.54, 1.807) is 22.8 Å². The molecule has 1 amide bonds. The van der Waals surface area contributed by atoms with Gasteiger partial charge in [0.1, 0.15) is 13.2 Å². The maximum atomic E-state index is 13.1. The number of thioether (sulfide) groups is 1. The fourth-order valence-electron chi connectivity index (χ4n) is 3.63. The van der Waals surface area contributed by atoms with Crippen molar-refractivity contribution in [2.24, 2.45) is 5.92 Å². The monoisotopic (exact) mass is 487 g/mol. The molecule has 0 spiro atoms. The number of nitrogens with zero attached hydrogens (tertiary/aromatic N) is 2. The van der Waals surface area contributed by atoms with Gasteiger partial charge in [-0.1, -0.05) is 43.3 Å². The van der Waals surface area contributed by atoms with Crippen LogP contribution in [0.5, 0.6) is 11.5 Å². The molecular formula is C24H26ClN3O4S. The Bertz CT molecular complexity index is 1240. The van der Waals surface area contributed by atoms with Crippen LogP contribution >= 0.6 is 23.4 Å². The fourth-order valence-corrected chi connectivity index (χ4v) is 4.63. The van der Waals surface area contributed by atoms with E-state index in [-0.39, 0.29) is 29.2 Å². The Morgan fingerprint density at radius 3 is 2.67 bits per heavy atom. The molecule has 1 aromatic heterocycles. The highest BCUT2D eigenvalue weighted by Crippen LogP contribution is 2.32. The summed E-state index contributed by atoms with van der Waals surface area (Å²) in [6.07, 6.45) is 0. The highest BCUT2D eigenvalue weighted by Gasteiger charge is 2.18. The van der Waals surface area contributed by atoms with E-state index in [2.05, 4.69) is 10.3 Å². The van der Waals surface area contributed by atoms with E-state index < -0.39 is 0 Å². The summed E-state index contributed by atoms with van der Waals surface area (Å²) >= 11 is 7.33. The fraction of sp³-hybridized carbons (Fsp3) is 0.375. The van der Waals surface area contributed by atoms with Gasteiger partial charge in [0.05, 0.1) is 22.7 Å². The van der Waals surface area contributed by atoms with Crippen LogP contribution in [0.2, 0.25) is 5.02 Å². The molecule has 33 heavy (non-hydrogen) atoms. The van der Waals surface area contributed by atoms with Crippen LogP contribution in [0.1, 0.15) is 32.4 Å². The molecule has 3 aromatic rings. The normalized spacial score (nSPS) is 13.8. The Kier molecular flexibility index (Phi) is 7.14. The average molecular weight is 488 g/mol. The molecule has 0 fully saturated rings. The summed E-state index contributed by atoms with van der Waals surface area (Å²) < 4.78 is 12.8. The zero-order chi connectivity index (χ0) is 23.5. The lowest BCUT2D eigenvalue weighted by Crippen LogP contribution is -2.29. The van der Waals surface area contributed by atoms with Gasteiger partial charge in [-0.25, -0.2) is 4.98 Å². The molecule has 1 atom stereocenters. The number of ether oxygens (including phenoxy) is 2. The van der Waals surface area contributed by atoms with Gasteiger partial charge in [0.2, 0.25) is 5.91 Å². The predicted octanol–water partition coefficient (Wildman–Crippen LogP) is 4.45. The van der Waals surface area contributed by atoms with E-state index in [1.165, 1.54) is 11.8 Å². The van der Waals surface area contributed by atoms with Crippen LogP contribution in [0.4, 0.5) is 0 Å². The molecule has 1 aliphatic heterocycles. The molecule has 0 bridgehead atoms. The van der Waals surface area contributed by atoms with Gasteiger partial charge < -0.3 is 14.8 Å². The van der Waals surface area contributed by atoms with Crippen molar-refractivity contribution in [3.8, 4) is 11.5 Å². The van der Waals surface area contributed by atoms with Crippen molar-refractivity contribution in [3.63, 3.8) is 0 Å². The minimum absolute atomic E-state index is 0.137. The average Bonchev–Trinajstić information content (AvgIpc) is 2.79. The molecule has 174 valence electrons. The van der Waals surface area contributed by atoms with E-state index in [1.807, 2.05) is 39.0 Å². The minimum atomic E-state index is -0.210. The largest absolute Gasteiger partial charge is 0.486 e. The van der Waals surface area contributed by atoms with Gasteiger partial charge >= 0.3 is 0 Å². The van der Waals surface area contributed by atoms with E-state index in [0.29, 0.717) is 52.3 Å². The van der Waals surface area contributed by atoms with Crippen LogP contribution in [0.15, 0.2) is 46.3 Å². The minimum Gasteiger partial charge on any atom is -0.486 e. The third-order valence-corrected chi connectivity index (χ3v) is 6.42. The molecule has 0 unspecified atom stereocenters. The summed E-state index contributed by atoms with van der Waals surface area (Å²) in [5.41, 5.74) is 1.34. The number of fused-ring (bicyclic) bond motifs is 2. The molecule has 0 saturated heterocycles. The molecule has 4 rings (SSSR count). The number of nitrogens with one attached hydrogen (secondary N) is 1. The van der Waals surface area contributed by atoms with Crippen LogP contribution < -0.4 is 20.3 Å². The molecule has 1 aliphatic rings. The molecule has 1 N–H and O–H groups in total. The maximum Gasteiger partial charge on any atom is 0.262 e. The Labute approximate surface area is 201 Å². The Morgan fingerprint density at radius 1 is 1.15 bits per heavy atom. The van der Waals surface area contributed by atoms with E-state index in [0.717, 1.165) is 5.56 Å². The summed E-state index contributed by atoms with van der Waals surface area (Å²) in [4.78, 5) is 30.4. The van der Waals surface area contributed by atoms with Gasteiger partial charge in [0, 0.05) is 11.6 Å². The molecular weight excluding hydrogens is 462 g/mol. The second kappa shape index (κ2) is 10.1. The van der Waals surface area contributed by atoms with Gasteiger partial charge in [-0.3, -0.25) is 14.2 Å². The predicted molar refractivity (Wildman–Crippen MR) is 131 cm³/mol. The summed E-state index contributed by atoms with van der Waals surface area (Å²) in [7, 11) is 0. The SMILES string of the molecule is CC(C)Cn1c(SCC(=O)N[C@@H](C)c2ccc3c(c2)OCCO3)nc2ccc(Cl)cc2c1=O. The van der Waals surface area contributed by atoms with Crippen molar-refractivity contribution in [1.29, 1.82) is 0 Å². The highest BCUT2D eigenvalue weighted by atomic mass is 35.5. The van der Waals surface area contributed by atoms with Gasteiger partial charge in [0.25, 0.3) is 5.56 Å². The van der Waals surface area contributed by atoms with Crippen molar-refractivity contribution in [1.82, 2.24) is 14.9 Å². The first-order valence-electron chi connectivity index (χ1n) is 10.8. The van der Waals surface area contributed by atoms with E-state index >= 15 is 0 Å². The number of rotatable bonds is 7. The number of amides is 1. The second-order valence-corrected chi connectivity index (χ2v) is 9.73. The third-order valence-electron chi connectivity index (χ3n) is 5.20. The van der Waals surface area contributed by atoms with Crippen molar-refractivity contribution in [3.05, 3.63) is 57.3 Å². The summed E-state index contributed by atoms with van der Waals surface area (Å²) in [6.45, 7) is 7.53. The summed E-state index contributed by atoms with van der Waals surface area (Å²) in [5, 5.41) is 4.49. The van der Waals surface area contributed by atoms with Crippen LogP contribution in [-0.4, -0.2) is 34.4 Å². The van der Waals surface area contributed by atoms with Crippen molar-refractivity contribution >= 4 is 40.2 Å². The van der Waals surface area contributed by atoms with Gasteiger partial charge in [-0.2, -0.15) is 0 Å². The van der Waals surface area contributed by atoms with Gasteiger partial charge in [-0.15, -0.1) is 0 Å². The molecule has 2 heterocycles. The van der Waals surface area contributed by atoms with Gasteiger partial charge in [0.15, 0.2) is 16.7 Å². The molecule has 0 aliphatic carbocycles. The lowest BCUT2D eigenvalue weighted by atomic mass is 10.1. The quantitative estimate of drug-likeness (QED) is 0.391. The number of carbonyl (C=O) groups excluding carboxylic acids is 1. The number of hydrogen-bond acceptors (Lipinski definition) is 6. The molecule has 0 saturated carbocycles. The Hall–Kier alpha value is -2.71. The summed E-state index contributed by atoms with van der Waals surface area (Å²) in [6, 6.07) is 10.5. The number of carbonyl (C=O) groups is 1. The van der Waals surface area contributed by atoms with Crippen LogP contribution in [0, 0.1) is 5.92 Å². The Morgan fingerprint density at radius 2 is 1.91 bits per heavy atom. The van der Waals surface area contributed by atoms with Gasteiger partial charge in [-0.05, 0) is 48.7 Å². The molecule has 2 aromatic carbocycles. The first-order chi connectivity index (χ1) is 15.8. The lowest BCUT2D eigenvalue weighted by Gasteiger charge is -2.21. The first-order valence-corrected chi connectivity index (χ1v) is 12.2. The standard InChI is InChI=1S/C24H26ClN3O4S/c1-14(2)12-28-23(30)18-11-17(25)5-6-19(18)27-24(28)33-13-22(29)26-15(3)16-4-7-20-21(10-16)32-9-8-31-20/h4-7,10-11,14-15H,8-9,12-13H2,1-3H3,(H,26,29)/t15-/m0/s1. The van der Waals surface area contributed by atoms with Crippen molar-refractivity contribution < 1.29 is 14.3 Å².